The minimum atomic E-state index is -0.495. The second-order valence-electron chi connectivity index (χ2n) is 2.79. The summed E-state index contributed by atoms with van der Waals surface area (Å²) in [5, 5.41) is 0. The molecule has 53 valence electrons. The number of hydrogen-bond acceptors (Lipinski definition) is 1. The maximum atomic E-state index is 10.5. The highest BCUT2D eigenvalue weighted by Gasteiger charge is 2.09. The van der Waals surface area contributed by atoms with E-state index in [1.165, 1.54) is 6.92 Å². The van der Waals surface area contributed by atoms with Crippen LogP contribution < -0.4 is 5.73 Å². The van der Waals surface area contributed by atoms with Crippen LogP contribution in [0.5, 0.6) is 0 Å². The van der Waals surface area contributed by atoms with E-state index in [9.17, 15) is 4.79 Å². The fraction of sp³-hybridized carbons (Fsp3) is 0.857. The Labute approximate surface area is 56.4 Å². The van der Waals surface area contributed by atoms with E-state index in [1.807, 2.05) is 13.8 Å². The highest BCUT2D eigenvalue weighted by molar-refractivity contribution is 5.80. The van der Waals surface area contributed by atoms with E-state index in [0.717, 1.165) is 0 Å². The van der Waals surface area contributed by atoms with E-state index in [-0.39, 0.29) is 5.78 Å². The molecule has 0 fully saturated rings. The highest BCUT2D eigenvalue weighted by atomic mass is 16.1. The molecule has 0 heterocycles. The number of rotatable bonds is 3. The minimum Gasteiger partial charge on any atom is -0.298 e. The van der Waals surface area contributed by atoms with E-state index in [1.54, 1.807) is 0 Å². The number of carbonyl (C=O) groups is 1. The van der Waals surface area contributed by atoms with E-state index in [2.05, 4.69) is 0 Å². The van der Waals surface area contributed by atoms with Gasteiger partial charge in [-0.1, -0.05) is 13.8 Å². The van der Waals surface area contributed by atoms with Crippen LogP contribution in [0.4, 0.5) is 0 Å². The van der Waals surface area contributed by atoms with Gasteiger partial charge in [0.1, 0.15) is 5.78 Å². The molecule has 1 N–H and O–H groups in total. The molecule has 1 radical (unpaired) electrons. The Morgan fingerprint density at radius 1 is 1.56 bits per heavy atom. The van der Waals surface area contributed by atoms with Gasteiger partial charge in [0.15, 0.2) is 0 Å². The summed E-state index contributed by atoms with van der Waals surface area (Å²) < 4.78 is 0. The predicted octanol–water partition coefficient (Wildman–Crippen LogP) is 1.27. The first-order valence-corrected chi connectivity index (χ1v) is 3.25. The largest absolute Gasteiger partial charge is 0.298 e. The van der Waals surface area contributed by atoms with Crippen molar-refractivity contribution in [3.63, 3.8) is 0 Å². The molecule has 0 saturated carbocycles. The second kappa shape index (κ2) is 3.62. The van der Waals surface area contributed by atoms with Crippen molar-refractivity contribution < 1.29 is 4.79 Å². The summed E-state index contributed by atoms with van der Waals surface area (Å²) in [4.78, 5) is 10.5. The van der Waals surface area contributed by atoms with E-state index in [4.69, 9.17) is 5.73 Å². The zero-order valence-electron chi connectivity index (χ0n) is 6.27. The number of ketones is 1. The molecule has 0 amide bonds. The molecule has 0 saturated heterocycles. The minimum absolute atomic E-state index is 0.0244. The quantitative estimate of drug-likeness (QED) is 0.564. The van der Waals surface area contributed by atoms with Gasteiger partial charge in [-0.15, -0.1) is 0 Å². The van der Waals surface area contributed by atoms with Crippen LogP contribution in [0.15, 0.2) is 0 Å². The van der Waals surface area contributed by atoms with Gasteiger partial charge >= 0.3 is 0 Å². The molecule has 2 nitrogen and oxygen atoms in total. The normalized spacial score (nSPS) is 13.9. The molecule has 0 unspecified atom stereocenters. The molecule has 0 bridgehead atoms. The maximum absolute atomic E-state index is 10.5. The van der Waals surface area contributed by atoms with Gasteiger partial charge in [-0.2, -0.15) is 0 Å². The molecule has 2 heteroatoms. The lowest BCUT2D eigenvalue weighted by atomic mass is 10.0. The van der Waals surface area contributed by atoms with Crippen molar-refractivity contribution in [1.29, 1.82) is 0 Å². The van der Waals surface area contributed by atoms with Gasteiger partial charge in [0, 0.05) is 0 Å². The second-order valence-corrected chi connectivity index (χ2v) is 2.79. The molecule has 0 aromatic rings. The number of nitrogens with one attached hydrogen (secondary N) is 1. The molecule has 0 aliphatic heterocycles. The summed E-state index contributed by atoms with van der Waals surface area (Å²) in [6.07, 6.45) is 0.690. The van der Waals surface area contributed by atoms with E-state index in [0.29, 0.717) is 12.3 Å². The molecule has 0 aliphatic rings. The van der Waals surface area contributed by atoms with Crippen LogP contribution in [0.2, 0.25) is 0 Å². The van der Waals surface area contributed by atoms with Gasteiger partial charge in [-0.05, 0) is 19.3 Å². The zero-order valence-corrected chi connectivity index (χ0v) is 6.27. The first-order valence-electron chi connectivity index (χ1n) is 3.25. The molecule has 1 atom stereocenters. The molecular formula is C7H14NO. The van der Waals surface area contributed by atoms with Gasteiger partial charge in [0.25, 0.3) is 0 Å². The van der Waals surface area contributed by atoms with Crippen molar-refractivity contribution in [1.82, 2.24) is 5.73 Å². The molecule has 0 rings (SSSR count). The molecular weight excluding hydrogens is 114 g/mol. The van der Waals surface area contributed by atoms with E-state index >= 15 is 0 Å². The monoisotopic (exact) mass is 128 g/mol. The fourth-order valence-electron chi connectivity index (χ4n) is 0.637. The fourth-order valence-corrected chi connectivity index (χ4v) is 0.637. The Bertz CT molecular complexity index is 99.1. The molecule has 0 aromatic heterocycles. The average Bonchev–Trinajstić information content (AvgIpc) is 1.63. The van der Waals surface area contributed by atoms with Crippen LogP contribution >= 0.6 is 0 Å². The summed E-state index contributed by atoms with van der Waals surface area (Å²) in [5.74, 6) is 0.431. The third kappa shape index (κ3) is 4.15. The van der Waals surface area contributed by atoms with Crippen molar-refractivity contribution >= 4 is 5.78 Å². The van der Waals surface area contributed by atoms with Crippen molar-refractivity contribution in [3.8, 4) is 0 Å². The van der Waals surface area contributed by atoms with E-state index < -0.39 is 6.04 Å². The highest BCUT2D eigenvalue weighted by Crippen LogP contribution is 2.03. The summed E-state index contributed by atoms with van der Waals surface area (Å²) in [5.41, 5.74) is 7.21. The topological polar surface area (TPSA) is 40.9 Å². The van der Waals surface area contributed by atoms with Crippen molar-refractivity contribution in [2.45, 2.75) is 33.2 Å². The van der Waals surface area contributed by atoms with Gasteiger partial charge in [0.05, 0.1) is 6.04 Å². The zero-order chi connectivity index (χ0) is 7.44. The Kier molecular flexibility index (Phi) is 3.47. The van der Waals surface area contributed by atoms with Gasteiger partial charge in [-0.3, -0.25) is 4.79 Å². The van der Waals surface area contributed by atoms with Gasteiger partial charge in [0.2, 0.25) is 0 Å². The summed E-state index contributed by atoms with van der Waals surface area (Å²) in [6, 6.07) is -0.495. The standard InChI is InChI=1S/C7H14NO/c1-5(2)4-7(8)6(3)9/h5,7-8H,4H2,1-3H3/t7-/m1/s1. The van der Waals surface area contributed by atoms with Gasteiger partial charge in [-0.25, -0.2) is 5.73 Å². The van der Waals surface area contributed by atoms with Gasteiger partial charge < -0.3 is 0 Å². The Morgan fingerprint density at radius 3 is 2.11 bits per heavy atom. The van der Waals surface area contributed by atoms with Crippen LogP contribution in [-0.2, 0) is 4.79 Å². The van der Waals surface area contributed by atoms with Crippen LogP contribution in [0.25, 0.3) is 0 Å². The first kappa shape index (κ1) is 8.63. The predicted molar refractivity (Wildman–Crippen MR) is 37.0 cm³/mol. The summed E-state index contributed by atoms with van der Waals surface area (Å²) in [6.45, 7) is 5.51. The Morgan fingerprint density at radius 2 is 2.00 bits per heavy atom. The smallest absolute Gasteiger partial charge is 0.148 e. The third-order valence-corrected chi connectivity index (χ3v) is 1.20. The molecule has 9 heavy (non-hydrogen) atoms. The van der Waals surface area contributed by atoms with Crippen molar-refractivity contribution in [2.24, 2.45) is 5.92 Å². The van der Waals surface area contributed by atoms with Crippen LogP contribution in [-0.4, -0.2) is 11.8 Å². The van der Waals surface area contributed by atoms with Crippen molar-refractivity contribution in [2.75, 3.05) is 0 Å². The lowest BCUT2D eigenvalue weighted by Gasteiger charge is -2.07. The SMILES string of the molecule is CC(=O)[C@H]([NH])CC(C)C. The number of hydrogen-bond donors (Lipinski definition) is 0. The Hall–Kier alpha value is -0.370. The summed E-state index contributed by atoms with van der Waals surface area (Å²) in [7, 11) is 0. The third-order valence-electron chi connectivity index (χ3n) is 1.20. The lowest BCUT2D eigenvalue weighted by molar-refractivity contribution is -0.118. The van der Waals surface area contributed by atoms with Crippen LogP contribution in [0, 0.1) is 5.92 Å². The van der Waals surface area contributed by atoms with Crippen LogP contribution in [0.1, 0.15) is 27.2 Å². The lowest BCUT2D eigenvalue weighted by Crippen LogP contribution is -2.20. The average molecular weight is 128 g/mol. The van der Waals surface area contributed by atoms with Crippen LogP contribution in [0.3, 0.4) is 0 Å². The maximum Gasteiger partial charge on any atom is 0.148 e. The summed E-state index contributed by atoms with van der Waals surface area (Å²) >= 11 is 0. The molecule has 0 aromatic carbocycles. The molecule has 0 spiro atoms. The Balaban J connectivity index is 3.50. The number of carbonyl (C=O) groups excluding carboxylic acids is 1. The first-order chi connectivity index (χ1) is 4.04. The molecule has 0 aliphatic carbocycles. The van der Waals surface area contributed by atoms with Crippen molar-refractivity contribution in [3.05, 3.63) is 0 Å². The number of Topliss-reactive ketones (excluding diaryl/α,β-unsaturated/α-hetero) is 1.